The van der Waals surface area contributed by atoms with Crippen LogP contribution in [0.25, 0.3) is 6.08 Å². The number of thiocarbonyl (C=S) groups is 1. The molecule has 7 heteroatoms. The zero-order valence-electron chi connectivity index (χ0n) is 19.2. The molecule has 0 aromatic heterocycles. The summed E-state index contributed by atoms with van der Waals surface area (Å²) in [5.74, 6) is 0.599. The smallest absolute Gasteiger partial charge is 0.333 e. The molecule has 1 amide bonds. The number of hydrogen-bond donors (Lipinski definition) is 0. The van der Waals surface area contributed by atoms with Crippen molar-refractivity contribution < 1.29 is 19.1 Å². The third-order valence-corrected chi connectivity index (χ3v) is 6.34. The normalized spacial score (nSPS) is 15.9. The fourth-order valence-electron chi connectivity index (χ4n) is 3.23. The minimum absolute atomic E-state index is 0.290. The zero-order valence-corrected chi connectivity index (χ0v) is 20.8. The zero-order chi connectivity index (χ0) is 23.8. The minimum Gasteiger partial charge on any atom is -0.494 e. The van der Waals surface area contributed by atoms with E-state index in [2.05, 4.69) is 13.8 Å². The molecule has 1 saturated heterocycles. The standard InChI is InChI=1S/C26H29NO4S2/c1-4-15-31-25(29)23(20-8-6-5-7-9-20)27-24(28)22(33-26(27)32)17-19-10-12-21(13-11-19)30-16-14-18(2)3/h5-13,17-18,23H,4,14-16H2,1-3H3/b22-17+. The Morgan fingerprint density at radius 3 is 2.42 bits per heavy atom. The molecule has 3 rings (SSSR count). The first-order chi connectivity index (χ1) is 15.9. The fourth-order valence-corrected chi connectivity index (χ4v) is 4.55. The van der Waals surface area contributed by atoms with Crippen LogP contribution in [0.4, 0.5) is 0 Å². The van der Waals surface area contributed by atoms with Crippen molar-refractivity contribution in [3.63, 3.8) is 0 Å². The number of esters is 1. The number of rotatable bonds is 10. The van der Waals surface area contributed by atoms with E-state index in [1.54, 1.807) is 18.2 Å². The summed E-state index contributed by atoms with van der Waals surface area (Å²) in [5.41, 5.74) is 1.52. The molecule has 0 spiro atoms. The Morgan fingerprint density at radius 2 is 1.79 bits per heavy atom. The number of amides is 1. The first-order valence-electron chi connectivity index (χ1n) is 11.1. The second-order valence-corrected chi connectivity index (χ2v) is 9.81. The van der Waals surface area contributed by atoms with Crippen molar-refractivity contribution in [1.29, 1.82) is 0 Å². The second-order valence-electron chi connectivity index (χ2n) is 8.13. The van der Waals surface area contributed by atoms with Gasteiger partial charge in [0.05, 0.1) is 18.1 Å². The van der Waals surface area contributed by atoms with Gasteiger partial charge in [0.1, 0.15) is 10.1 Å². The molecule has 1 unspecified atom stereocenters. The summed E-state index contributed by atoms with van der Waals surface area (Å²) in [7, 11) is 0. The van der Waals surface area contributed by atoms with E-state index in [0.717, 1.165) is 17.7 Å². The highest BCUT2D eigenvalue weighted by atomic mass is 32.2. The molecular weight excluding hydrogens is 454 g/mol. The van der Waals surface area contributed by atoms with Gasteiger partial charge in [-0.1, -0.05) is 87.2 Å². The van der Waals surface area contributed by atoms with Gasteiger partial charge in [-0.25, -0.2) is 4.79 Å². The molecule has 0 aliphatic carbocycles. The number of benzene rings is 2. The number of hydrogen-bond acceptors (Lipinski definition) is 6. The molecular formula is C26H29NO4S2. The van der Waals surface area contributed by atoms with E-state index in [9.17, 15) is 9.59 Å². The van der Waals surface area contributed by atoms with Crippen LogP contribution < -0.4 is 4.74 Å². The average molecular weight is 484 g/mol. The van der Waals surface area contributed by atoms with E-state index >= 15 is 0 Å². The number of carbonyl (C=O) groups is 2. The Balaban J connectivity index is 1.79. The van der Waals surface area contributed by atoms with Crippen LogP contribution >= 0.6 is 24.0 Å². The number of nitrogens with zero attached hydrogens (tertiary/aromatic N) is 1. The van der Waals surface area contributed by atoms with Crippen LogP contribution in [-0.4, -0.2) is 34.3 Å². The summed E-state index contributed by atoms with van der Waals surface area (Å²) < 4.78 is 11.5. The molecule has 5 nitrogen and oxygen atoms in total. The van der Waals surface area contributed by atoms with Crippen molar-refractivity contribution in [3.8, 4) is 5.75 Å². The number of carbonyl (C=O) groups excluding carboxylic acids is 2. The Labute approximate surface area is 205 Å². The summed E-state index contributed by atoms with van der Waals surface area (Å²) in [6, 6.07) is 15.8. The Kier molecular flexibility index (Phi) is 9.09. The topological polar surface area (TPSA) is 55.8 Å². The van der Waals surface area contributed by atoms with Gasteiger partial charge in [0.15, 0.2) is 6.04 Å². The van der Waals surface area contributed by atoms with Crippen LogP contribution in [0.2, 0.25) is 0 Å². The molecule has 0 saturated carbocycles. The quantitative estimate of drug-likeness (QED) is 0.234. The molecule has 1 atom stereocenters. The van der Waals surface area contributed by atoms with Gasteiger partial charge in [-0.3, -0.25) is 9.69 Å². The molecule has 174 valence electrons. The Morgan fingerprint density at radius 1 is 1.09 bits per heavy atom. The van der Waals surface area contributed by atoms with E-state index in [1.165, 1.54) is 16.7 Å². The van der Waals surface area contributed by atoms with Gasteiger partial charge in [0, 0.05) is 0 Å². The minimum atomic E-state index is -0.909. The van der Waals surface area contributed by atoms with Crippen molar-refractivity contribution in [3.05, 3.63) is 70.6 Å². The molecule has 1 fully saturated rings. The first-order valence-corrected chi connectivity index (χ1v) is 12.3. The maximum Gasteiger partial charge on any atom is 0.333 e. The van der Waals surface area contributed by atoms with Crippen LogP contribution in [0, 0.1) is 5.92 Å². The summed E-state index contributed by atoms with van der Waals surface area (Å²) in [4.78, 5) is 28.0. The van der Waals surface area contributed by atoms with E-state index in [-0.39, 0.29) is 5.91 Å². The molecule has 2 aromatic rings. The predicted octanol–water partition coefficient (Wildman–Crippen LogP) is 6.01. The van der Waals surface area contributed by atoms with Gasteiger partial charge in [0.25, 0.3) is 5.91 Å². The van der Waals surface area contributed by atoms with Crippen LogP contribution in [0.15, 0.2) is 59.5 Å². The van der Waals surface area contributed by atoms with E-state index in [1.807, 2.05) is 49.4 Å². The highest BCUT2D eigenvalue weighted by Gasteiger charge is 2.42. The van der Waals surface area contributed by atoms with Gasteiger partial charge in [0.2, 0.25) is 0 Å². The third-order valence-electron chi connectivity index (χ3n) is 5.01. The molecule has 1 aliphatic rings. The summed E-state index contributed by atoms with van der Waals surface area (Å²) in [6.07, 6.45) is 3.48. The van der Waals surface area contributed by atoms with Crippen LogP contribution in [0.1, 0.15) is 50.8 Å². The van der Waals surface area contributed by atoms with Gasteiger partial charge in [-0.2, -0.15) is 0 Å². The second kappa shape index (κ2) is 12.0. The van der Waals surface area contributed by atoms with Gasteiger partial charge >= 0.3 is 5.97 Å². The largest absolute Gasteiger partial charge is 0.494 e. The van der Waals surface area contributed by atoms with Crippen LogP contribution in [0.3, 0.4) is 0 Å². The van der Waals surface area contributed by atoms with E-state index in [0.29, 0.717) is 40.3 Å². The lowest BCUT2D eigenvalue weighted by Gasteiger charge is -2.25. The molecule has 0 radical (unpaired) electrons. The predicted molar refractivity (Wildman–Crippen MR) is 137 cm³/mol. The highest BCUT2D eigenvalue weighted by Crippen LogP contribution is 2.39. The monoisotopic (exact) mass is 483 g/mol. The average Bonchev–Trinajstić information content (AvgIpc) is 3.07. The lowest BCUT2D eigenvalue weighted by Crippen LogP contribution is -2.38. The van der Waals surface area contributed by atoms with Crippen molar-refractivity contribution in [1.82, 2.24) is 4.90 Å². The number of thioether (sulfide) groups is 1. The molecule has 1 aliphatic heterocycles. The molecule has 33 heavy (non-hydrogen) atoms. The Hall–Kier alpha value is -2.64. The molecule has 0 N–H and O–H groups in total. The maximum atomic E-state index is 13.3. The van der Waals surface area contributed by atoms with Crippen molar-refractivity contribution in [2.75, 3.05) is 13.2 Å². The number of ether oxygens (including phenoxy) is 2. The third kappa shape index (κ3) is 6.68. The van der Waals surface area contributed by atoms with Gasteiger partial charge < -0.3 is 9.47 Å². The first kappa shape index (κ1) is 25.0. The lowest BCUT2D eigenvalue weighted by atomic mass is 10.1. The van der Waals surface area contributed by atoms with Crippen molar-refractivity contribution in [2.45, 2.75) is 39.7 Å². The highest BCUT2D eigenvalue weighted by molar-refractivity contribution is 8.26. The maximum absolute atomic E-state index is 13.3. The van der Waals surface area contributed by atoms with Crippen LogP contribution in [0.5, 0.6) is 5.75 Å². The Bertz CT molecular complexity index is 1000. The van der Waals surface area contributed by atoms with Crippen molar-refractivity contribution in [2.24, 2.45) is 5.92 Å². The van der Waals surface area contributed by atoms with E-state index < -0.39 is 12.0 Å². The van der Waals surface area contributed by atoms with Gasteiger partial charge in [-0.05, 0) is 48.1 Å². The lowest BCUT2D eigenvalue weighted by molar-refractivity contribution is -0.151. The van der Waals surface area contributed by atoms with Crippen molar-refractivity contribution >= 4 is 46.3 Å². The summed E-state index contributed by atoms with van der Waals surface area (Å²) >= 11 is 6.70. The molecule has 2 aromatic carbocycles. The molecule has 1 heterocycles. The molecule has 0 bridgehead atoms. The van der Waals surface area contributed by atoms with E-state index in [4.69, 9.17) is 21.7 Å². The summed E-state index contributed by atoms with van der Waals surface area (Å²) in [5, 5.41) is 0. The SMILES string of the molecule is CCCOC(=O)C(c1ccccc1)N1C(=O)/C(=C\c2ccc(OCCC(C)C)cc2)SC1=S. The van der Waals surface area contributed by atoms with Gasteiger partial charge in [-0.15, -0.1) is 0 Å². The fraction of sp³-hybridized carbons (Fsp3) is 0.346. The van der Waals surface area contributed by atoms with Crippen LogP contribution in [-0.2, 0) is 14.3 Å². The summed E-state index contributed by atoms with van der Waals surface area (Å²) in [6.45, 7) is 7.21.